The minimum absolute atomic E-state index is 0.0275. The van der Waals surface area contributed by atoms with Gasteiger partial charge in [-0.2, -0.15) is 5.10 Å². The summed E-state index contributed by atoms with van der Waals surface area (Å²) in [6, 6.07) is 6.44. The van der Waals surface area contributed by atoms with Crippen molar-refractivity contribution in [3.05, 3.63) is 36.2 Å². The lowest BCUT2D eigenvalue weighted by Gasteiger charge is -2.28. The molecule has 0 radical (unpaired) electrons. The maximum atomic E-state index is 12.3. The van der Waals surface area contributed by atoms with Crippen LogP contribution in [-0.2, 0) is 0 Å². The number of nitrogens with one attached hydrogen (secondary N) is 2. The number of piperidine rings is 1. The molecule has 2 aromatic rings. The van der Waals surface area contributed by atoms with Crippen molar-refractivity contribution in [1.82, 2.24) is 20.2 Å². The summed E-state index contributed by atoms with van der Waals surface area (Å²) in [5.74, 6) is -0.0275. The van der Waals surface area contributed by atoms with Crippen molar-refractivity contribution in [2.24, 2.45) is 0 Å². The number of carbonyl (C=O) groups is 1. The summed E-state index contributed by atoms with van der Waals surface area (Å²) in [6.45, 7) is 3.11. The molecule has 0 bridgehead atoms. The van der Waals surface area contributed by atoms with Gasteiger partial charge in [-0.1, -0.05) is 6.07 Å². The van der Waals surface area contributed by atoms with E-state index in [2.05, 4.69) is 22.7 Å². The summed E-state index contributed by atoms with van der Waals surface area (Å²) in [7, 11) is 0. The topological polar surface area (TPSA) is 58.4 Å². The predicted molar refractivity (Wildman–Crippen MR) is 73.1 cm³/mol. The van der Waals surface area contributed by atoms with Crippen LogP contribution in [-0.4, -0.2) is 34.1 Å². The molecule has 2 aromatic heterocycles. The molecule has 100 valence electrons. The molecule has 3 heterocycles. The van der Waals surface area contributed by atoms with Crippen molar-refractivity contribution in [3.63, 3.8) is 0 Å². The van der Waals surface area contributed by atoms with Crippen LogP contribution < -0.4 is 10.6 Å². The molecule has 0 aliphatic carbocycles. The third kappa shape index (κ3) is 2.46. The summed E-state index contributed by atoms with van der Waals surface area (Å²) in [6.07, 6.45) is 5.44. The molecule has 19 heavy (non-hydrogen) atoms. The van der Waals surface area contributed by atoms with E-state index in [1.165, 1.54) is 0 Å². The van der Waals surface area contributed by atoms with Crippen molar-refractivity contribution in [2.45, 2.75) is 31.8 Å². The highest BCUT2D eigenvalue weighted by Crippen LogP contribution is 2.13. The van der Waals surface area contributed by atoms with Gasteiger partial charge in [-0.05, 0) is 38.4 Å². The molecular formula is C14H18N4O. The van der Waals surface area contributed by atoms with Gasteiger partial charge in [-0.25, -0.2) is 4.52 Å². The highest BCUT2D eigenvalue weighted by atomic mass is 16.1. The number of amides is 1. The van der Waals surface area contributed by atoms with E-state index in [4.69, 9.17) is 0 Å². The van der Waals surface area contributed by atoms with Crippen LogP contribution in [0.1, 0.15) is 30.1 Å². The number of nitrogens with zero attached hydrogens (tertiary/aromatic N) is 2. The van der Waals surface area contributed by atoms with Gasteiger partial charge in [0.2, 0.25) is 0 Å². The summed E-state index contributed by atoms with van der Waals surface area (Å²) >= 11 is 0. The van der Waals surface area contributed by atoms with E-state index in [0.29, 0.717) is 11.6 Å². The van der Waals surface area contributed by atoms with Crippen molar-refractivity contribution in [2.75, 3.05) is 6.54 Å². The fourth-order valence-corrected chi connectivity index (χ4v) is 2.64. The molecule has 1 aliphatic heterocycles. The third-order valence-corrected chi connectivity index (χ3v) is 3.63. The Morgan fingerprint density at radius 2 is 2.42 bits per heavy atom. The lowest BCUT2D eigenvalue weighted by molar-refractivity contribution is 0.0927. The molecule has 1 aliphatic rings. The molecule has 2 atom stereocenters. The van der Waals surface area contributed by atoms with Gasteiger partial charge in [0.25, 0.3) is 5.91 Å². The first-order chi connectivity index (χ1) is 9.24. The van der Waals surface area contributed by atoms with Crippen molar-refractivity contribution in [1.29, 1.82) is 0 Å². The SMILES string of the molecule is CC1CC(NC(=O)c2cnn3ccccc23)CCN1. The Kier molecular flexibility index (Phi) is 3.21. The zero-order valence-electron chi connectivity index (χ0n) is 11.0. The number of fused-ring (bicyclic) bond motifs is 1. The third-order valence-electron chi connectivity index (χ3n) is 3.63. The Balaban J connectivity index is 1.76. The largest absolute Gasteiger partial charge is 0.349 e. The number of rotatable bonds is 2. The van der Waals surface area contributed by atoms with E-state index in [9.17, 15) is 4.79 Å². The summed E-state index contributed by atoms with van der Waals surface area (Å²) < 4.78 is 1.72. The standard InChI is InChI=1S/C14H18N4O/c1-10-8-11(5-6-15-10)17-14(19)12-9-16-18-7-3-2-4-13(12)18/h2-4,7,9-11,15H,5-6,8H2,1H3,(H,17,19). The number of hydrogen-bond donors (Lipinski definition) is 2. The Morgan fingerprint density at radius 1 is 1.53 bits per heavy atom. The van der Waals surface area contributed by atoms with Crippen molar-refractivity contribution in [3.8, 4) is 0 Å². The second-order valence-corrected chi connectivity index (χ2v) is 5.14. The van der Waals surface area contributed by atoms with Crippen LogP contribution in [0.25, 0.3) is 5.52 Å². The van der Waals surface area contributed by atoms with Crippen LogP contribution in [0.5, 0.6) is 0 Å². The Labute approximate surface area is 112 Å². The van der Waals surface area contributed by atoms with E-state index in [-0.39, 0.29) is 11.9 Å². The molecule has 1 fully saturated rings. The van der Waals surface area contributed by atoms with Gasteiger partial charge in [-0.15, -0.1) is 0 Å². The molecule has 2 unspecified atom stereocenters. The fourth-order valence-electron chi connectivity index (χ4n) is 2.64. The highest BCUT2D eigenvalue weighted by molar-refractivity contribution is 6.00. The molecule has 1 saturated heterocycles. The normalized spacial score (nSPS) is 23.4. The molecule has 2 N–H and O–H groups in total. The monoisotopic (exact) mass is 258 g/mol. The Morgan fingerprint density at radius 3 is 3.26 bits per heavy atom. The van der Waals surface area contributed by atoms with Gasteiger partial charge >= 0.3 is 0 Å². The molecule has 5 heteroatoms. The minimum atomic E-state index is -0.0275. The summed E-state index contributed by atoms with van der Waals surface area (Å²) in [5.41, 5.74) is 1.49. The number of aromatic nitrogens is 2. The second kappa shape index (κ2) is 5.01. The van der Waals surface area contributed by atoms with E-state index in [1.807, 2.05) is 24.4 Å². The van der Waals surface area contributed by atoms with Crippen molar-refractivity contribution < 1.29 is 4.79 Å². The van der Waals surface area contributed by atoms with Crippen LogP contribution in [0.2, 0.25) is 0 Å². The van der Waals surface area contributed by atoms with E-state index >= 15 is 0 Å². The predicted octanol–water partition coefficient (Wildman–Crippen LogP) is 1.20. The lowest BCUT2D eigenvalue weighted by Crippen LogP contribution is -2.46. The number of carbonyl (C=O) groups excluding carboxylic acids is 1. The average Bonchev–Trinajstić information content (AvgIpc) is 2.82. The zero-order valence-corrected chi connectivity index (χ0v) is 11.0. The molecule has 0 saturated carbocycles. The first-order valence-electron chi connectivity index (χ1n) is 6.70. The smallest absolute Gasteiger partial charge is 0.255 e. The van der Waals surface area contributed by atoms with Gasteiger partial charge in [-0.3, -0.25) is 4.79 Å². The fraction of sp³-hybridized carbons (Fsp3) is 0.429. The van der Waals surface area contributed by atoms with Gasteiger partial charge in [0.05, 0.1) is 17.3 Å². The van der Waals surface area contributed by atoms with Crippen LogP contribution in [0, 0.1) is 0 Å². The molecule has 5 nitrogen and oxygen atoms in total. The maximum absolute atomic E-state index is 12.3. The Hall–Kier alpha value is -1.88. The second-order valence-electron chi connectivity index (χ2n) is 5.14. The minimum Gasteiger partial charge on any atom is -0.349 e. The van der Waals surface area contributed by atoms with E-state index in [1.54, 1.807) is 10.7 Å². The summed E-state index contributed by atoms with van der Waals surface area (Å²) in [5, 5.41) is 10.7. The van der Waals surface area contributed by atoms with Gasteiger partial charge < -0.3 is 10.6 Å². The van der Waals surface area contributed by atoms with Gasteiger partial charge in [0.15, 0.2) is 0 Å². The Bertz CT molecular complexity index is 592. The van der Waals surface area contributed by atoms with Gasteiger partial charge in [0.1, 0.15) is 0 Å². The lowest BCUT2D eigenvalue weighted by atomic mass is 10.0. The number of hydrogen-bond acceptors (Lipinski definition) is 3. The quantitative estimate of drug-likeness (QED) is 0.851. The maximum Gasteiger partial charge on any atom is 0.255 e. The van der Waals surface area contributed by atoms with Gasteiger partial charge in [0, 0.05) is 18.3 Å². The molecule has 3 rings (SSSR count). The van der Waals surface area contributed by atoms with Crippen LogP contribution in [0.15, 0.2) is 30.6 Å². The van der Waals surface area contributed by atoms with E-state index < -0.39 is 0 Å². The molecular weight excluding hydrogens is 240 g/mol. The van der Waals surface area contributed by atoms with Crippen LogP contribution in [0.4, 0.5) is 0 Å². The summed E-state index contributed by atoms with van der Waals surface area (Å²) in [4.78, 5) is 12.3. The van der Waals surface area contributed by atoms with Crippen LogP contribution >= 0.6 is 0 Å². The molecule has 0 spiro atoms. The average molecular weight is 258 g/mol. The van der Waals surface area contributed by atoms with Crippen LogP contribution in [0.3, 0.4) is 0 Å². The van der Waals surface area contributed by atoms with Crippen molar-refractivity contribution >= 4 is 11.4 Å². The first kappa shape index (κ1) is 12.2. The zero-order chi connectivity index (χ0) is 13.2. The van der Waals surface area contributed by atoms with E-state index in [0.717, 1.165) is 24.9 Å². The molecule has 0 aromatic carbocycles. The highest BCUT2D eigenvalue weighted by Gasteiger charge is 2.21. The molecule has 1 amide bonds. The number of pyridine rings is 1. The first-order valence-corrected chi connectivity index (χ1v) is 6.70.